The van der Waals surface area contributed by atoms with E-state index in [9.17, 15) is 17.4 Å². The second-order valence-corrected chi connectivity index (χ2v) is 10.5. The molecule has 0 N–H and O–H groups in total. The van der Waals surface area contributed by atoms with E-state index in [-0.39, 0.29) is 5.75 Å². The molecule has 1 heterocycles. The number of halogens is 3. The summed E-state index contributed by atoms with van der Waals surface area (Å²) >= 11 is -3.52. The molecule has 1 aliphatic carbocycles. The molecule has 0 amide bonds. The van der Waals surface area contributed by atoms with Crippen molar-refractivity contribution in [2.24, 2.45) is 0 Å². The molecule has 1 aromatic heterocycles. The van der Waals surface area contributed by atoms with Crippen molar-refractivity contribution in [2.75, 3.05) is 0 Å². The van der Waals surface area contributed by atoms with Crippen molar-refractivity contribution in [3.05, 3.63) is 127 Å². The Morgan fingerprint density at radius 3 is 2.07 bits per heavy atom. The zero-order valence-corrected chi connectivity index (χ0v) is 22.8. The summed E-state index contributed by atoms with van der Waals surface area (Å²) in [7, 11) is 0. The van der Waals surface area contributed by atoms with Gasteiger partial charge in [-0.3, -0.25) is 0 Å². The van der Waals surface area contributed by atoms with E-state index in [2.05, 4.69) is 0 Å². The van der Waals surface area contributed by atoms with Gasteiger partial charge < -0.3 is 4.18 Å². The van der Waals surface area contributed by atoms with E-state index in [4.69, 9.17) is 19.1 Å². The van der Waals surface area contributed by atoms with Gasteiger partial charge in [-0.25, -0.2) is 19.2 Å². The van der Waals surface area contributed by atoms with E-state index in [1.54, 1.807) is 42.5 Å². The number of hydrogen-bond donors (Lipinski definition) is 0. The molecule has 0 radical (unpaired) electrons. The molecule has 1 atom stereocenters. The van der Waals surface area contributed by atoms with Crippen LogP contribution in [0, 0.1) is 0 Å². The number of benzene rings is 4. The first-order valence-electron chi connectivity index (χ1n) is 13.0. The van der Waals surface area contributed by atoms with Gasteiger partial charge in [0.25, 0.3) is 0 Å². The molecule has 0 saturated heterocycles. The lowest BCUT2D eigenvalue weighted by atomic mass is 9.96. The first-order valence-corrected chi connectivity index (χ1v) is 14.1. The average molecular weight is 582 g/mol. The van der Waals surface area contributed by atoms with Gasteiger partial charge in [-0.05, 0) is 28.8 Å². The van der Waals surface area contributed by atoms with Crippen molar-refractivity contribution >= 4 is 27.4 Å². The number of fused-ring (bicyclic) bond motifs is 1. The van der Waals surface area contributed by atoms with Crippen molar-refractivity contribution in [3.8, 4) is 39.7 Å². The number of rotatable bonds is 6. The average Bonchev–Trinajstić information content (AvgIpc) is 3.31. The predicted octanol–water partition coefficient (Wildman–Crippen LogP) is 8.49. The number of aromatic nitrogens is 3. The third-order valence-electron chi connectivity index (χ3n) is 6.60. The van der Waals surface area contributed by atoms with Crippen LogP contribution < -0.4 is 4.18 Å². The smallest absolute Gasteiger partial charge is 0.393 e. The Labute approximate surface area is 242 Å². The minimum absolute atomic E-state index is 0.133. The summed E-state index contributed by atoms with van der Waals surface area (Å²) < 4.78 is 56.1. The Kier molecular flexibility index (Phi) is 7.50. The van der Waals surface area contributed by atoms with Crippen molar-refractivity contribution < 1.29 is 21.6 Å². The van der Waals surface area contributed by atoms with Gasteiger partial charge in [0.05, 0.1) is 0 Å². The fourth-order valence-corrected chi connectivity index (χ4v) is 5.03. The van der Waals surface area contributed by atoms with Crippen molar-refractivity contribution in [1.29, 1.82) is 0 Å². The Hall–Kier alpha value is -4.89. The number of alkyl halides is 3. The van der Waals surface area contributed by atoms with E-state index < -0.39 is 16.6 Å². The summed E-state index contributed by atoms with van der Waals surface area (Å²) in [5, 5.41) is 1.46. The third-order valence-corrected chi connectivity index (χ3v) is 7.31. The van der Waals surface area contributed by atoms with Crippen LogP contribution in [-0.4, -0.2) is 24.7 Å². The van der Waals surface area contributed by atoms with Gasteiger partial charge in [-0.2, -0.15) is 13.2 Å². The third kappa shape index (κ3) is 5.77. The first-order chi connectivity index (χ1) is 20.4. The molecule has 0 aliphatic heterocycles. The zero-order chi connectivity index (χ0) is 29.1. The fourth-order valence-electron chi connectivity index (χ4n) is 4.63. The number of hydrogen-bond acceptors (Lipinski definition) is 5. The van der Waals surface area contributed by atoms with Gasteiger partial charge in [-0.1, -0.05) is 115 Å². The molecule has 42 heavy (non-hydrogen) atoms. The maximum Gasteiger partial charge on any atom is 0.508 e. The molecule has 9 heteroatoms. The Bertz CT molecular complexity index is 1880. The SMILES string of the molecule is O=S(Oc1ccc2ccccc2c1-c1ccc(-c2nc(C3=CCC=CC=C3)nc(-c3ccccc3)n2)cc1)C(F)(F)F. The minimum Gasteiger partial charge on any atom is -0.393 e. The molecule has 208 valence electrons. The molecule has 0 bridgehead atoms. The van der Waals surface area contributed by atoms with E-state index >= 15 is 0 Å². The topological polar surface area (TPSA) is 65.0 Å². The predicted molar refractivity (Wildman–Crippen MR) is 159 cm³/mol. The van der Waals surface area contributed by atoms with E-state index in [0.717, 1.165) is 22.9 Å². The highest BCUT2D eigenvalue weighted by Crippen LogP contribution is 2.39. The highest BCUT2D eigenvalue weighted by Gasteiger charge is 2.40. The molecule has 0 spiro atoms. The first kappa shape index (κ1) is 27.3. The number of nitrogens with zero attached hydrogens (tertiary/aromatic N) is 3. The van der Waals surface area contributed by atoms with Gasteiger partial charge in [0.2, 0.25) is 0 Å². The largest absolute Gasteiger partial charge is 0.508 e. The highest BCUT2D eigenvalue weighted by molar-refractivity contribution is 7.81. The molecule has 5 aromatic rings. The molecule has 6 rings (SSSR count). The normalized spacial score (nSPS) is 13.9. The van der Waals surface area contributed by atoms with Crippen LogP contribution in [0.5, 0.6) is 5.75 Å². The van der Waals surface area contributed by atoms with Gasteiger partial charge in [0, 0.05) is 22.3 Å². The monoisotopic (exact) mass is 581 g/mol. The van der Waals surface area contributed by atoms with Crippen molar-refractivity contribution in [2.45, 2.75) is 11.9 Å². The zero-order valence-electron chi connectivity index (χ0n) is 22.0. The van der Waals surface area contributed by atoms with E-state index in [1.165, 1.54) is 6.07 Å². The Balaban J connectivity index is 1.44. The quantitative estimate of drug-likeness (QED) is 0.201. The highest BCUT2D eigenvalue weighted by atomic mass is 32.2. The minimum atomic E-state index is -5.02. The summed E-state index contributed by atoms with van der Waals surface area (Å²) in [5.74, 6) is 1.36. The molecular formula is C33H22F3N3O2S. The van der Waals surface area contributed by atoms with Crippen LogP contribution in [0.4, 0.5) is 13.2 Å². The van der Waals surface area contributed by atoms with Crippen molar-refractivity contribution in [3.63, 3.8) is 0 Å². The van der Waals surface area contributed by atoms with Gasteiger partial charge in [-0.15, -0.1) is 0 Å². The van der Waals surface area contributed by atoms with Gasteiger partial charge in [0.1, 0.15) is 5.75 Å². The summed E-state index contributed by atoms with van der Waals surface area (Å²) in [5.41, 5.74) is -1.63. The van der Waals surface area contributed by atoms with Gasteiger partial charge >= 0.3 is 16.6 Å². The number of allylic oxidation sites excluding steroid dienone is 6. The summed E-state index contributed by atoms with van der Waals surface area (Å²) in [4.78, 5) is 14.3. The molecule has 5 nitrogen and oxygen atoms in total. The Morgan fingerprint density at radius 1 is 0.690 bits per heavy atom. The van der Waals surface area contributed by atoms with E-state index in [1.807, 2.05) is 72.8 Å². The van der Waals surface area contributed by atoms with Crippen LogP contribution in [-0.2, 0) is 11.1 Å². The Morgan fingerprint density at radius 2 is 1.33 bits per heavy atom. The molecular weight excluding hydrogens is 559 g/mol. The van der Waals surface area contributed by atoms with Crippen LogP contribution in [0.1, 0.15) is 12.2 Å². The maximum absolute atomic E-state index is 13.1. The van der Waals surface area contributed by atoms with Crippen LogP contribution in [0.2, 0.25) is 0 Å². The molecule has 4 aromatic carbocycles. The second-order valence-electron chi connectivity index (χ2n) is 9.36. The maximum atomic E-state index is 13.1. The van der Waals surface area contributed by atoms with Crippen LogP contribution in [0.3, 0.4) is 0 Å². The lowest BCUT2D eigenvalue weighted by Crippen LogP contribution is -2.21. The lowest BCUT2D eigenvalue weighted by Gasteiger charge is -2.15. The van der Waals surface area contributed by atoms with Crippen LogP contribution in [0.25, 0.3) is 50.2 Å². The molecule has 1 aliphatic rings. The fraction of sp³-hybridized carbons (Fsp3) is 0.0606. The van der Waals surface area contributed by atoms with E-state index in [0.29, 0.717) is 39.5 Å². The summed E-state index contributed by atoms with van der Waals surface area (Å²) in [6.07, 6.45) is 10.7. The van der Waals surface area contributed by atoms with Crippen LogP contribution in [0.15, 0.2) is 121 Å². The standard InChI is InChI=1S/C33H22F3N3O2S/c34-33(35,36)42(40)41-28-21-20-22-10-8-9-15-27(22)29(28)23-16-18-26(19-17-23)32-38-30(24-11-4-1-2-5-12-24)37-31(39-32)25-13-6-3-7-14-25/h1-4,6-21H,5H2. The van der Waals surface area contributed by atoms with Crippen LogP contribution >= 0.6 is 0 Å². The molecule has 0 saturated carbocycles. The summed E-state index contributed by atoms with van der Waals surface area (Å²) in [6, 6.07) is 27.0. The molecule has 1 unspecified atom stereocenters. The summed E-state index contributed by atoms with van der Waals surface area (Å²) in [6.45, 7) is 0. The lowest BCUT2D eigenvalue weighted by molar-refractivity contribution is -0.0437. The van der Waals surface area contributed by atoms with Gasteiger partial charge in [0.15, 0.2) is 17.5 Å². The molecule has 0 fully saturated rings. The van der Waals surface area contributed by atoms with Crippen molar-refractivity contribution in [1.82, 2.24) is 15.0 Å². The second kappa shape index (κ2) is 11.5.